The summed E-state index contributed by atoms with van der Waals surface area (Å²) in [6.45, 7) is 12.3. The van der Waals surface area contributed by atoms with Crippen molar-refractivity contribution in [2.24, 2.45) is 0 Å². The molecular weight excluding hydrogens is 494 g/mol. The lowest BCUT2D eigenvalue weighted by Gasteiger charge is -2.36. The van der Waals surface area contributed by atoms with Crippen LogP contribution in [0.4, 0.5) is 8.78 Å². The smallest absolute Gasteiger partial charge is 0.143 e. The predicted molar refractivity (Wildman–Crippen MR) is 151 cm³/mol. The monoisotopic (exact) mass is 522 g/mol. The Kier molecular flexibility index (Phi) is 6.08. The highest BCUT2D eigenvalue weighted by atomic mass is 19.1. The van der Waals surface area contributed by atoms with Gasteiger partial charge in [-0.3, -0.25) is 0 Å². The first-order chi connectivity index (χ1) is 18.5. The fourth-order valence-electron chi connectivity index (χ4n) is 5.85. The Labute approximate surface area is 225 Å². The third kappa shape index (κ3) is 3.73. The Hall–Kier alpha value is -4.47. The molecule has 2 aliphatic rings. The van der Waals surface area contributed by atoms with E-state index < -0.39 is 28.4 Å². The number of aromatic amines is 1. The van der Waals surface area contributed by atoms with E-state index >= 15 is 8.78 Å². The minimum atomic E-state index is -2.05. The highest BCUT2D eigenvalue weighted by Crippen LogP contribution is 2.55. The number of H-pyrrole nitrogens is 1. The molecule has 2 aromatic carbocycles. The first-order valence-corrected chi connectivity index (χ1v) is 12.6. The maximum atomic E-state index is 16.1. The molecule has 2 atom stereocenters. The van der Waals surface area contributed by atoms with E-state index in [1.807, 2.05) is 31.2 Å². The van der Waals surface area contributed by atoms with Gasteiger partial charge >= 0.3 is 0 Å². The lowest BCUT2D eigenvalue weighted by atomic mass is 9.66. The quantitative estimate of drug-likeness (QED) is 0.237. The molecule has 0 saturated heterocycles. The van der Waals surface area contributed by atoms with Crippen LogP contribution in [0, 0.1) is 29.9 Å². The molecular formula is C33H28F2N2O2. The number of nitriles is 1. The SMILES string of the molecule is C=CC1=C(/C(C#N)=C\C)c2c([nH]c3ccc(C)cc23)C2=CC=CC1(c1c(F)cc(C(C)(O)C(=C)O)cc1F)C2. The Morgan fingerprint density at radius 2 is 1.92 bits per heavy atom. The van der Waals surface area contributed by atoms with Gasteiger partial charge in [0.05, 0.1) is 17.3 Å². The number of nitrogens with zero attached hydrogens (tertiary/aromatic N) is 1. The van der Waals surface area contributed by atoms with Gasteiger partial charge in [0.1, 0.15) is 23.0 Å². The number of hydrogen-bond acceptors (Lipinski definition) is 3. The normalized spacial score (nSPS) is 20.1. The van der Waals surface area contributed by atoms with Gasteiger partial charge in [0.2, 0.25) is 0 Å². The number of hydrogen-bond donors (Lipinski definition) is 3. The molecule has 0 aliphatic heterocycles. The standard InChI is InChI=1S/C33H28F2N2O2/c1-6-20(17-36)28-24(7-2)33(30-25(34)14-22(15-26(30)35)32(5,39)19(4)38)12-8-9-21(16-33)31-29(28)23-13-18(3)10-11-27(23)37-31/h6-15,37-39H,2,4,16H2,1,3,5H3/b20-6-. The van der Waals surface area contributed by atoms with E-state index in [1.165, 1.54) is 6.92 Å². The van der Waals surface area contributed by atoms with Crippen LogP contribution in [0.25, 0.3) is 22.0 Å². The van der Waals surface area contributed by atoms with Crippen LogP contribution >= 0.6 is 0 Å². The summed E-state index contributed by atoms with van der Waals surface area (Å²) in [6.07, 6.45) is 8.89. The summed E-state index contributed by atoms with van der Waals surface area (Å²) in [5.74, 6) is -2.44. The number of benzene rings is 2. The molecule has 0 amide bonds. The minimum absolute atomic E-state index is 0.170. The Morgan fingerprint density at radius 3 is 2.51 bits per heavy atom. The summed E-state index contributed by atoms with van der Waals surface area (Å²) in [4.78, 5) is 3.49. The van der Waals surface area contributed by atoms with Gasteiger partial charge in [-0.1, -0.05) is 55.2 Å². The summed E-state index contributed by atoms with van der Waals surface area (Å²) in [6, 6.07) is 10.3. The summed E-state index contributed by atoms with van der Waals surface area (Å²) >= 11 is 0. The molecule has 2 bridgehead atoms. The van der Waals surface area contributed by atoms with Crippen molar-refractivity contribution in [2.45, 2.75) is 38.2 Å². The third-order valence-electron chi connectivity index (χ3n) is 7.92. The predicted octanol–water partition coefficient (Wildman–Crippen LogP) is 7.74. The van der Waals surface area contributed by atoms with Crippen LogP contribution in [0.5, 0.6) is 0 Å². The molecule has 39 heavy (non-hydrogen) atoms. The fraction of sp³-hybridized carbons (Fsp3) is 0.182. The van der Waals surface area contributed by atoms with E-state index in [1.54, 1.807) is 31.2 Å². The van der Waals surface area contributed by atoms with Crippen molar-refractivity contribution in [3.8, 4) is 6.07 Å². The summed E-state index contributed by atoms with van der Waals surface area (Å²) in [7, 11) is 0. The summed E-state index contributed by atoms with van der Waals surface area (Å²) in [5, 5.41) is 31.6. The van der Waals surface area contributed by atoms with E-state index in [0.29, 0.717) is 16.7 Å². The minimum Gasteiger partial charge on any atom is -0.510 e. The number of aliphatic hydroxyl groups is 2. The molecule has 0 fully saturated rings. The number of halogens is 2. The average Bonchev–Trinajstić information content (AvgIpc) is 3.23. The van der Waals surface area contributed by atoms with Crippen molar-refractivity contribution in [3.63, 3.8) is 0 Å². The van der Waals surface area contributed by atoms with Crippen LogP contribution in [0.15, 0.2) is 90.8 Å². The van der Waals surface area contributed by atoms with Crippen LogP contribution < -0.4 is 0 Å². The van der Waals surface area contributed by atoms with E-state index in [-0.39, 0.29) is 17.5 Å². The number of aryl methyl sites for hydroxylation is 1. The molecule has 1 aromatic heterocycles. The molecule has 2 unspecified atom stereocenters. The Balaban J connectivity index is 1.93. The molecule has 5 rings (SSSR count). The van der Waals surface area contributed by atoms with Crippen LogP contribution in [-0.4, -0.2) is 15.2 Å². The van der Waals surface area contributed by atoms with Crippen molar-refractivity contribution >= 4 is 22.0 Å². The number of aliphatic hydroxyl groups excluding tert-OH is 1. The molecule has 2 aliphatic carbocycles. The van der Waals surface area contributed by atoms with Gasteiger partial charge in [-0.25, -0.2) is 8.78 Å². The zero-order valence-electron chi connectivity index (χ0n) is 22.0. The van der Waals surface area contributed by atoms with Gasteiger partial charge in [-0.15, -0.1) is 0 Å². The number of aromatic nitrogens is 1. The molecule has 3 aromatic rings. The van der Waals surface area contributed by atoms with E-state index in [2.05, 4.69) is 24.2 Å². The topological polar surface area (TPSA) is 80.0 Å². The summed E-state index contributed by atoms with van der Waals surface area (Å²) < 4.78 is 32.2. The second kappa shape index (κ2) is 9.07. The van der Waals surface area contributed by atoms with Crippen LogP contribution in [0.3, 0.4) is 0 Å². The van der Waals surface area contributed by atoms with Gasteiger partial charge in [0.15, 0.2) is 0 Å². The zero-order chi connectivity index (χ0) is 28.3. The van der Waals surface area contributed by atoms with Crippen molar-refractivity contribution in [2.75, 3.05) is 0 Å². The number of rotatable bonds is 5. The molecule has 0 radical (unpaired) electrons. The molecule has 0 saturated carbocycles. The molecule has 196 valence electrons. The van der Waals surface area contributed by atoms with Crippen LogP contribution in [0.2, 0.25) is 0 Å². The van der Waals surface area contributed by atoms with Crippen LogP contribution in [-0.2, 0) is 11.0 Å². The van der Waals surface area contributed by atoms with Gasteiger partial charge < -0.3 is 15.2 Å². The lowest BCUT2D eigenvalue weighted by Crippen LogP contribution is -2.31. The van der Waals surface area contributed by atoms with Crippen molar-refractivity contribution in [1.82, 2.24) is 4.98 Å². The van der Waals surface area contributed by atoms with E-state index in [4.69, 9.17) is 0 Å². The van der Waals surface area contributed by atoms with Gasteiger partial charge in [0.25, 0.3) is 0 Å². The Morgan fingerprint density at radius 1 is 1.23 bits per heavy atom. The van der Waals surface area contributed by atoms with E-state index in [0.717, 1.165) is 45.4 Å². The fourth-order valence-corrected chi connectivity index (χ4v) is 5.85. The Bertz CT molecular complexity index is 1730. The van der Waals surface area contributed by atoms with Crippen molar-refractivity contribution in [3.05, 3.63) is 130 Å². The van der Waals surface area contributed by atoms with Gasteiger partial charge in [-0.2, -0.15) is 5.26 Å². The number of nitrogens with one attached hydrogen (secondary N) is 1. The molecule has 0 spiro atoms. The second-order valence-corrected chi connectivity index (χ2v) is 10.3. The largest absolute Gasteiger partial charge is 0.510 e. The average molecular weight is 523 g/mol. The van der Waals surface area contributed by atoms with Crippen LogP contribution in [0.1, 0.15) is 48.2 Å². The highest BCUT2D eigenvalue weighted by molar-refractivity contribution is 6.06. The highest BCUT2D eigenvalue weighted by Gasteiger charge is 2.45. The van der Waals surface area contributed by atoms with E-state index in [9.17, 15) is 15.5 Å². The summed E-state index contributed by atoms with van der Waals surface area (Å²) in [5.41, 5.74) is 1.89. The lowest BCUT2D eigenvalue weighted by molar-refractivity contribution is 0.0506. The molecule has 6 heteroatoms. The maximum absolute atomic E-state index is 16.1. The van der Waals surface area contributed by atoms with Crippen molar-refractivity contribution in [1.29, 1.82) is 5.26 Å². The number of fused-ring (bicyclic) bond motifs is 6. The second-order valence-electron chi connectivity index (χ2n) is 10.3. The first-order valence-electron chi connectivity index (χ1n) is 12.6. The first kappa shape index (κ1) is 26.1. The maximum Gasteiger partial charge on any atom is 0.143 e. The molecule has 4 nitrogen and oxygen atoms in total. The van der Waals surface area contributed by atoms with Gasteiger partial charge in [0, 0.05) is 33.0 Å². The number of allylic oxidation sites excluding steroid dienone is 9. The zero-order valence-corrected chi connectivity index (χ0v) is 22.0. The third-order valence-corrected chi connectivity index (χ3v) is 7.92. The van der Waals surface area contributed by atoms with Crippen molar-refractivity contribution < 1.29 is 19.0 Å². The molecule has 3 N–H and O–H groups in total. The van der Waals surface area contributed by atoms with Gasteiger partial charge in [-0.05, 0) is 68.2 Å². The molecule has 1 heterocycles.